The Kier molecular flexibility index (Phi) is 2.88. The number of carboxylic acids is 1. The molecule has 84 valence electrons. The summed E-state index contributed by atoms with van der Waals surface area (Å²) in [6.07, 6.45) is 3.08. The minimum Gasteiger partial charge on any atom is -0.478 e. The van der Waals surface area contributed by atoms with Gasteiger partial charge < -0.3 is 5.11 Å². The summed E-state index contributed by atoms with van der Waals surface area (Å²) in [6, 6.07) is 6.90. The van der Waals surface area contributed by atoms with Gasteiger partial charge >= 0.3 is 5.97 Å². The minimum absolute atomic E-state index is 0.0825. The largest absolute Gasteiger partial charge is 0.478 e. The summed E-state index contributed by atoms with van der Waals surface area (Å²) in [7, 11) is 0. The molecule has 2 aromatic heterocycles. The van der Waals surface area contributed by atoms with Gasteiger partial charge in [-0.1, -0.05) is 6.07 Å². The number of aromatic carboxylic acids is 1. The fourth-order valence-corrected chi connectivity index (χ4v) is 1.55. The Morgan fingerprint density at radius 1 is 1.53 bits per heavy atom. The molecule has 0 amide bonds. The highest BCUT2D eigenvalue weighted by Gasteiger charge is 2.13. The zero-order chi connectivity index (χ0) is 12.3. The Morgan fingerprint density at radius 2 is 2.35 bits per heavy atom. The van der Waals surface area contributed by atoms with Crippen LogP contribution in [-0.2, 0) is 6.67 Å². The molecular weight excluding hydrogens is 218 g/mol. The lowest BCUT2D eigenvalue weighted by Crippen LogP contribution is -1.96. The Labute approximate surface area is 97.8 Å². The van der Waals surface area contributed by atoms with Gasteiger partial charge in [-0.15, -0.1) is 0 Å². The summed E-state index contributed by atoms with van der Waals surface area (Å²) in [5, 5.41) is 8.93. The van der Waals surface area contributed by atoms with Crippen molar-refractivity contribution in [3.05, 3.63) is 53.6 Å². The van der Waals surface area contributed by atoms with Crippen molar-refractivity contribution in [1.82, 2.24) is 9.55 Å². The number of aromatic nitrogens is 2. The highest BCUT2D eigenvalue weighted by atomic mass is 16.4. The van der Waals surface area contributed by atoms with Crippen molar-refractivity contribution in [2.75, 3.05) is 0 Å². The first-order valence-corrected chi connectivity index (χ1v) is 4.90. The smallest absolute Gasteiger partial charge is 0.337 e. The molecule has 0 bridgehead atoms. The predicted molar refractivity (Wildman–Crippen MR) is 61.2 cm³/mol. The van der Waals surface area contributed by atoms with E-state index in [-0.39, 0.29) is 12.2 Å². The summed E-state index contributed by atoms with van der Waals surface area (Å²) in [4.78, 5) is 18.3. The molecule has 2 aromatic rings. The standard InChI is InChI=1S/C12H9N3O2/c1-13-8-15-7-9(12(16)17)6-11(15)10-4-2-3-5-14-10/h2-7H,8H2,(H,16,17). The zero-order valence-electron chi connectivity index (χ0n) is 8.87. The lowest BCUT2D eigenvalue weighted by molar-refractivity contribution is 0.0697. The number of pyridine rings is 1. The van der Waals surface area contributed by atoms with E-state index in [0.717, 1.165) is 0 Å². The topological polar surface area (TPSA) is 59.5 Å². The maximum Gasteiger partial charge on any atom is 0.337 e. The summed E-state index contributed by atoms with van der Waals surface area (Å²) >= 11 is 0. The van der Waals surface area contributed by atoms with Crippen molar-refractivity contribution in [2.24, 2.45) is 0 Å². The molecule has 0 saturated heterocycles. The van der Waals surface area contributed by atoms with Crippen molar-refractivity contribution in [1.29, 1.82) is 0 Å². The summed E-state index contributed by atoms with van der Waals surface area (Å²) in [6.45, 7) is 6.93. The third kappa shape index (κ3) is 2.16. The van der Waals surface area contributed by atoms with E-state index in [2.05, 4.69) is 9.83 Å². The van der Waals surface area contributed by atoms with Crippen LogP contribution in [0, 0.1) is 6.57 Å². The fraction of sp³-hybridized carbons (Fsp3) is 0.0833. The van der Waals surface area contributed by atoms with Crippen molar-refractivity contribution in [3.8, 4) is 11.4 Å². The average Bonchev–Trinajstić information content (AvgIpc) is 2.75. The van der Waals surface area contributed by atoms with E-state index >= 15 is 0 Å². The minimum atomic E-state index is -1.01. The Bertz CT molecular complexity index is 582. The van der Waals surface area contributed by atoms with Gasteiger partial charge in [-0.25, -0.2) is 11.4 Å². The molecule has 0 aromatic carbocycles. The lowest BCUT2D eigenvalue weighted by Gasteiger charge is -2.01. The van der Waals surface area contributed by atoms with Gasteiger partial charge in [-0.2, -0.15) is 0 Å². The van der Waals surface area contributed by atoms with Crippen LogP contribution in [-0.4, -0.2) is 20.6 Å². The molecule has 5 nitrogen and oxygen atoms in total. The quantitative estimate of drug-likeness (QED) is 0.817. The first-order valence-electron chi connectivity index (χ1n) is 4.90. The number of nitrogens with zero attached hydrogens (tertiary/aromatic N) is 3. The lowest BCUT2D eigenvalue weighted by atomic mass is 10.2. The van der Waals surface area contributed by atoms with Gasteiger partial charge in [0.05, 0.1) is 17.0 Å². The average molecular weight is 227 g/mol. The number of carboxylic acid groups (broad SMARTS) is 1. The molecular formula is C12H9N3O2. The SMILES string of the molecule is [C-]#[N+]Cn1cc(C(=O)O)cc1-c1ccccn1. The van der Waals surface area contributed by atoms with Crippen molar-refractivity contribution >= 4 is 5.97 Å². The highest BCUT2D eigenvalue weighted by Crippen LogP contribution is 2.20. The van der Waals surface area contributed by atoms with Crippen LogP contribution >= 0.6 is 0 Å². The summed E-state index contributed by atoms with van der Waals surface area (Å²) in [5.74, 6) is -1.01. The van der Waals surface area contributed by atoms with Gasteiger partial charge in [0.15, 0.2) is 0 Å². The fourth-order valence-electron chi connectivity index (χ4n) is 1.55. The molecule has 17 heavy (non-hydrogen) atoms. The zero-order valence-corrected chi connectivity index (χ0v) is 8.87. The van der Waals surface area contributed by atoms with E-state index in [9.17, 15) is 4.79 Å². The van der Waals surface area contributed by atoms with Crippen LogP contribution in [0.3, 0.4) is 0 Å². The predicted octanol–water partition coefficient (Wildman–Crippen LogP) is 2.13. The van der Waals surface area contributed by atoms with Gasteiger partial charge in [0.2, 0.25) is 0 Å². The first-order chi connectivity index (χ1) is 8.22. The van der Waals surface area contributed by atoms with Crippen LogP contribution in [0.15, 0.2) is 36.7 Å². The summed E-state index contributed by atoms with van der Waals surface area (Å²) < 4.78 is 1.58. The Morgan fingerprint density at radius 3 is 2.94 bits per heavy atom. The normalized spacial score (nSPS) is 9.82. The van der Waals surface area contributed by atoms with E-state index < -0.39 is 5.97 Å². The van der Waals surface area contributed by atoms with Crippen LogP contribution in [0.4, 0.5) is 0 Å². The van der Waals surface area contributed by atoms with Crippen molar-refractivity contribution in [3.63, 3.8) is 0 Å². The van der Waals surface area contributed by atoms with E-state index in [1.54, 1.807) is 22.9 Å². The molecule has 0 spiro atoms. The Balaban J connectivity index is 2.52. The third-order valence-corrected chi connectivity index (χ3v) is 2.29. The molecule has 0 aliphatic heterocycles. The summed E-state index contributed by atoms with van der Waals surface area (Å²) in [5.41, 5.74) is 1.46. The molecule has 2 heterocycles. The highest BCUT2D eigenvalue weighted by molar-refractivity contribution is 5.89. The molecule has 2 rings (SSSR count). The number of carbonyl (C=O) groups is 1. The van der Waals surface area contributed by atoms with Crippen molar-refractivity contribution in [2.45, 2.75) is 6.67 Å². The first kappa shape index (κ1) is 10.9. The van der Waals surface area contributed by atoms with Crippen LogP contribution in [0.1, 0.15) is 10.4 Å². The van der Waals surface area contributed by atoms with Crippen molar-refractivity contribution < 1.29 is 9.90 Å². The van der Waals surface area contributed by atoms with Gasteiger partial charge in [0.1, 0.15) is 0 Å². The Hall–Kier alpha value is -2.61. The molecule has 0 unspecified atom stereocenters. The molecule has 1 N–H and O–H groups in total. The third-order valence-electron chi connectivity index (χ3n) is 2.29. The monoisotopic (exact) mass is 227 g/mol. The second-order valence-corrected chi connectivity index (χ2v) is 3.40. The van der Waals surface area contributed by atoms with E-state index in [4.69, 9.17) is 11.7 Å². The molecule has 0 aliphatic rings. The van der Waals surface area contributed by atoms with Gasteiger partial charge in [0.25, 0.3) is 6.67 Å². The van der Waals surface area contributed by atoms with E-state index in [0.29, 0.717) is 11.4 Å². The number of hydrogen-bond donors (Lipinski definition) is 1. The maximum atomic E-state index is 10.9. The van der Waals surface area contributed by atoms with Gasteiger partial charge in [-0.3, -0.25) is 14.4 Å². The molecule has 0 aliphatic carbocycles. The van der Waals surface area contributed by atoms with Gasteiger partial charge in [0, 0.05) is 12.4 Å². The molecule has 0 fully saturated rings. The van der Waals surface area contributed by atoms with E-state index in [1.807, 2.05) is 6.07 Å². The maximum absolute atomic E-state index is 10.9. The van der Waals surface area contributed by atoms with Crippen LogP contribution in [0.5, 0.6) is 0 Å². The van der Waals surface area contributed by atoms with Gasteiger partial charge in [-0.05, 0) is 18.2 Å². The number of rotatable bonds is 3. The molecule has 0 radical (unpaired) electrons. The second-order valence-electron chi connectivity index (χ2n) is 3.40. The van der Waals surface area contributed by atoms with Crippen LogP contribution in [0.25, 0.3) is 16.2 Å². The molecule has 5 heteroatoms. The number of hydrogen-bond acceptors (Lipinski definition) is 2. The molecule has 0 atom stereocenters. The van der Waals surface area contributed by atoms with Crippen LogP contribution < -0.4 is 0 Å². The second kappa shape index (κ2) is 4.49. The van der Waals surface area contributed by atoms with Crippen LogP contribution in [0.2, 0.25) is 0 Å². The van der Waals surface area contributed by atoms with E-state index in [1.165, 1.54) is 12.3 Å². The molecule has 0 saturated carbocycles.